The van der Waals surface area contributed by atoms with Crippen LogP contribution >= 0.6 is 0 Å². The van der Waals surface area contributed by atoms with Gasteiger partial charge in [-0.05, 0) is 57.0 Å². The lowest BCUT2D eigenvalue weighted by Crippen LogP contribution is -2.13. The Hall–Kier alpha value is -1.61. The first-order valence-corrected chi connectivity index (χ1v) is 6.96. The van der Waals surface area contributed by atoms with E-state index in [9.17, 15) is 0 Å². The molecule has 1 aromatic carbocycles. The van der Waals surface area contributed by atoms with Crippen molar-refractivity contribution in [3.05, 3.63) is 46.8 Å². The summed E-state index contributed by atoms with van der Waals surface area (Å²) >= 11 is 0. The van der Waals surface area contributed by atoms with Crippen molar-refractivity contribution in [3.8, 4) is 5.69 Å². The van der Waals surface area contributed by atoms with Gasteiger partial charge in [0.05, 0.1) is 11.4 Å². The van der Waals surface area contributed by atoms with Crippen LogP contribution in [0.15, 0.2) is 24.3 Å². The number of nitrogens with one attached hydrogen (secondary N) is 1. The molecule has 19 heavy (non-hydrogen) atoms. The summed E-state index contributed by atoms with van der Waals surface area (Å²) in [6.07, 6.45) is 1.17. The van der Waals surface area contributed by atoms with Crippen LogP contribution in [0.4, 0.5) is 0 Å². The Morgan fingerprint density at radius 1 is 1.11 bits per heavy atom. The summed E-state index contributed by atoms with van der Waals surface area (Å²) in [5.41, 5.74) is 6.04. The van der Waals surface area contributed by atoms with Crippen LogP contribution < -0.4 is 5.32 Å². The molecule has 0 spiro atoms. The maximum Gasteiger partial charge on any atom is 0.0649 e. The molecule has 0 aliphatic carbocycles. The van der Waals surface area contributed by atoms with E-state index in [-0.39, 0.29) is 0 Å². The van der Waals surface area contributed by atoms with Crippen LogP contribution in [0.3, 0.4) is 0 Å². The van der Waals surface area contributed by atoms with Gasteiger partial charge in [-0.2, -0.15) is 5.10 Å². The maximum atomic E-state index is 4.59. The van der Waals surface area contributed by atoms with Crippen LogP contribution in [0.25, 0.3) is 5.69 Å². The minimum Gasteiger partial charge on any atom is -0.313 e. The van der Waals surface area contributed by atoms with E-state index >= 15 is 0 Å². The lowest BCUT2D eigenvalue weighted by atomic mass is 10.2. The third-order valence-electron chi connectivity index (χ3n) is 3.59. The second kappa shape index (κ2) is 6.02. The van der Waals surface area contributed by atoms with Gasteiger partial charge < -0.3 is 5.32 Å². The number of benzene rings is 1. The molecule has 1 N–H and O–H groups in total. The van der Waals surface area contributed by atoms with E-state index in [2.05, 4.69) is 62.4 Å². The molecule has 102 valence electrons. The van der Waals surface area contributed by atoms with Crippen molar-refractivity contribution in [1.82, 2.24) is 15.1 Å². The lowest BCUT2D eigenvalue weighted by Gasteiger charge is -2.07. The average molecular weight is 257 g/mol. The number of nitrogens with zero attached hydrogens (tertiary/aromatic N) is 2. The third kappa shape index (κ3) is 3.04. The molecular formula is C16H23N3. The SMILES string of the molecule is CCCNCc1ccc(-n2nc(C)c(C)c2C)cc1. The zero-order valence-electron chi connectivity index (χ0n) is 12.3. The number of hydrogen-bond acceptors (Lipinski definition) is 2. The Morgan fingerprint density at radius 2 is 1.79 bits per heavy atom. The average Bonchev–Trinajstić information content (AvgIpc) is 2.68. The van der Waals surface area contributed by atoms with Gasteiger partial charge in [-0.25, -0.2) is 4.68 Å². The standard InChI is InChI=1S/C16H23N3/c1-5-10-17-11-15-6-8-16(9-7-15)19-14(4)12(2)13(3)18-19/h6-9,17H,5,10-11H2,1-4H3. The molecule has 0 saturated carbocycles. The summed E-state index contributed by atoms with van der Waals surface area (Å²) in [4.78, 5) is 0. The maximum absolute atomic E-state index is 4.59. The molecular weight excluding hydrogens is 234 g/mol. The predicted octanol–water partition coefficient (Wildman–Crippen LogP) is 3.30. The first-order chi connectivity index (χ1) is 9.13. The summed E-state index contributed by atoms with van der Waals surface area (Å²) in [5.74, 6) is 0. The fourth-order valence-electron chi connectivity index (χ4n) is 2.14. The molecule has 0 aliphatic rings. The molecule has 2 rings (SSSR count). The Kier molecular flexibility index (Phi) is 4.38. The number of rotatable bonds is 5. The topological polar surface area (TPSA) is 29.9 Å². The number of hydrogen-bond donors (Lipinski definition) is 1. The van der Waals surface area contributed by atoms with Gasteiger partial charge in [-0.1, -0.05) is 19.1 Å². The van der Waals surface area contributed by atoms with E-state index in [1.807, 2.05) is 4.68 Å². The highest BCUT2D eigenvalue weighted by Gasteiger charge is 2.08. The summed E-state index contributed by atoms with van der Waals surface area (Å²) < 4.78 is 2.02. The molecule has 2 aromatic rings. The van der Waals surface area contributed by atoms with E-state index in [4.69, 9.17) is 0 Å². The Morgan fingerprint density at radius 3 is 2.32 bits per heavy atom. The molecule has 1 heterocycles. The summed E-state index contributed by atoms with van der Waals surface area (Å²) in [5, 5.41) is 8.00. The van der Waals surface area contributed by atoms with Gasteiger partial charge in [0, 0.05) is 12.2 Å². The summed E-state index contributed by atoms with van der Waals surface area (Å²) in [7, 11) is 0. The van der Waals surface area contributed by atoms with E-state index < -0.39 is 0 Å². The van der Waals surface area contributed by atoms with Crippen LogP contribution in [0.5, 0.6) is 0 Å². The first kappa shape index (κ1) is 13.8. The normalized spacial score (nSPS) is 10.9. The largest absolute Gasteiger partial charge is 0.313 e. The molecule has 0 fully saturated rings. The summed E-state index contributed by atoms with van der Waals surface area (Å²) in [6.45, 7) is 10.5. The number of aryl methyl sites for hydroxylation is 1. The molecule has 0 unspecified atom stereocenters. The first-order valence-electron chi connectivity index (χ1n) is 6.96. The fourth-order valence-corrected chi connectivity index (χ4v) is 2.14. The molecule has 0 radical (unpaired) electrons. The monoisotopic (exact) mass is 257 g/mol. The Bertz CT molecular complexity index is 538. The van der Waals surface area contributed by atoms with E-state index in [1.54, 1.807) is 0 Å². The van der Waals surface area contributed by atoms with Crippen molar-refractivity contribution in [1.29, 1.82) is 0 Å². The molecule has 0 saturated heterocycles. The van der Waals surface area contributed by atoms with E-state index in [1.165, 1.54) is 23.2 Å². The second-order valence-electron chi connectivity index (χ2n) is 5.05. The van der Waals surface area contributed by atoms with E-state index in [0.29, 0.717) is 0 Å². The van der Waals surface area contributed by atoms with Crippen molar-refractivity contribution >= 4 is 0 Å². The zero-order chi connectivity index (χ0) is 13.8. The minimum atomic E-state index is 0.935. The highest BCUT2D eigenvalue weighted by molar-refractivity contribution is 5.38. The molecule has 1 aromatic heterocycles. The molecule has 3 nitrogen and oxygen atoms in total. The van der Waals surface area contributed by atoms with Crippen LogP contribution in [-0.2, 0) is 6.54 Å². The molecule has 0 bridgehead atoms. The van der Waals surface area contributed by atoms with Crippen molar-refractivity contribution in [2.75, 3.05) is 6.54 Å². The second-order valence-corrected chi connectivity index (χ2v) is 5.05. The minimum absolute atomic E-state index is 0.935. The van der Waals surface area contributed by atoms with Crippen LogP contribution in [0.2, 0.25) is 0 Å². The summed E-state index contributed by atoms with van der Waals surface area (Å²) in [6, 6.07) is 8.62. The Balaban J connectivity index is 2.15. The molecule has 0 atom stereocenters. The van der Waals surface area contributed by atoms with Gasteiger partial charge in [-0.15, -0.1) is 0 Å². The van der Waals surface area contributed by atoms with Crippen LogP contribution in [0.1, 0.15) is 35.9 Å². The quantitative estimate of drug-likeness (QED) is 0.833. The van der Waals surface area contributed by atoms with Crippen molar-refractivity contribution in [2.45, 2.75) is 40.7 Å². The van der Waals surface area contributed by atoms with Gasteiger partial charge >= 0.3 is 0 Å². The smallest absolute Gasteiger partial charge is 0.0649 e. The van der Waals surface area contributed by atoms with Crippen molar-refractivity contribution in [2.24, 2.45) is 0 Å². The third-order valence-corrected chi connectivity index (χ3v) is 3.59. The van der Waals surface area contributed by atoms with Crippen LogP contribution in [-0.4, -0.2) is 16.3 Å². The van der Waals surface area contributed by atoms with Gasteiger partial charge in [0.15, 0.2) is 0 Å². The fraction of sp³-hybridized carbons (Fsp3) is 0.438. The van der Waals surface area contributed by atoms with Crippen LogP contribution in [0, 0.1) is 20.8 Å². The van der Waals surface area contributed by atoms with Gasteiger partial charge in [0.2, 0.25) is 0 Å². The van der Waals surface area contributed by atoms with Gasteiger partial charge in [-0.3, -0.25) is 0 Å². The van der Waals surface area contributed by atoms with Gasteiger partial charge in [0.25, 0.3) is 0 Å². The highest BCUT2D eigenvalue weighted by atomic mass is 15.3. The number of aromatic nitrogens is 2. The highest BCUT2D eigenvalue weighted by Crippen LogP contribution is 2.17. The molecule has 3 heteroatoms. The Labute approximate surface area is 115 Å². The predicted molar refractivity (Wildman–Crippen MR) is 79.8 cm³/mol. The van der Waals surface area contributed by atoms with Crippen molar-refractivity contribution in [3.63, 3.8) is 0 Å². The van der Waals surface area contributed by atoms with E-state index in [0.717, 1.165) is 24.5 Å². The van der Waals surface area contributed by atoms with Gasteiger partial charge in [0.1, 0.15) is 0 Å². The van der Waals surface area contributed by atoms with Crippen molar-refractivity contribution < 1.29 is 0 Å². The zero-order valence-corrected chi connectivity index (χ0v) is 12.3. The molecule has 0 aliphatic heterocycles. The molecule has 0 amide bonds. The lowest BCUT2D eigenvalue weighted by molar-refractivity contribution is 0.675.